The molecule has 0 spiro atoms. The minimum Gasteiger partial charge on any atom is -0.443 e. The SMILES string of the molecule is O=C1N[C@@H](c2ccc(F)c(C(F)(F)F)c2)C(F)(F)CO1. The smallest absolute Gasteiger partial charge is 0.419 e. The van der Waals surface area contributed by atoms with E-state index in [9.17, 15) is 31.1 Å². The highest BCUT2D eigenvalue weighted by Gasteiger charge is 2.47. The third-order valence-electron chi connectivity index (χ3n) is 2.71. The van der Waals surface area contributed by atoms with Gasteiger partial charge in [0.2, 0.25) is 0 Å². The van der Waals surface area contributed by atoms with Crippen LogP contribution < -0.4 is 5.32 Å². The van der Waals surface area contributed by atoms with Crippen LogP contribution in [0, 0.1) is 5.82 Å². The Morgan fingerprint density at radius 2 is 1.95 bits per heavy atom. The van der Waals surface area contributed by atoms with Crippen molar-refractivity contribution in [3.8, 4) is 0 Å². The van der Waals surface area contributed by atoms with Gasteiger partial charge in [-0.25, -0.2) is 18.0 Å². The summed E-state index contributed by atoms with van der Waals surface area (Å²) >= 11 is 0. The van der Waals surface area contributed by atoms with Crippen molar-refractivity contribution in [3.05, 3.63) is 35.1 Å². The predicted octanol–water partition coefficient (Wildman–Crippen LogP) is 3.26. The number of halogens is 6. The molecule has 1 heterocycles. The number of ether oxygens (including phenoxy) is 1. The second-order valence-corrected chi connectivity index (χ2v) is 4.15. The van der Waals surface area contributed by atoms with E-state index in [-0.39, 0.29) is 6.07 Å². The molecule has 1 saturated heterocycles. The zero-order valence-electron chi connectivity index (χ0n) is 9.60. The first kappa shape index (κ1) is 14.5. The number of rotatable bonds is 1. The van der Waals surface area contributed by atoms with Gasteiger partial charge in [-0.05, 0) is 17.7 Å². The third kappa shape index (κ3) is 2.66. The molecule has 0 unspecified atom stereocenters. The fourth-order valence-electron chi connectivity index (χ4n) is 1.78. The number of nitrogens with one attached hydrogen (secondary N) is 1. The summed E-state index contributed by atoms with van der Waals surface area (Å²) in [5, 5.41) is 1.72. The molecule has 0 bridgehead atoms. The molecule has 20 heavy (non-hydrogen) atoms. The summed E-state index contributed by atoms with van der Waals surface area (Å²) in [6.07, 6.45) is -6.20. The van der Waals surface area contributed by atoms with Gasteiger partial charge in [0.25, 0.3) is 0 Å². The first-order chi connectivity index (χ1) is 9.11. The second-order valence-electron chi connectivity index (χ2n) is 4.15. The van der Waals surface area contributed by atoms with Crippen molar-refractivity contribution in [2.24, 2.45) is 0 Å². The second kappa shape index (κ2) is 4.57. The van der Waals surface area contributed by atoms with E-state index in [4.69, 9.17) is 0 Å². The zero-order valence-corrected chi connectivity index (χ0v) is 9.60. The summed E-state index contributed by atoms with van der Waals surface area (Å²) in [4.78, 5) is 10.9. The Morgan fingerprint density at radius 3 is 2.55 bits per heavy atom. The number of benzene rings is 1. The molecule has 1 amide bonds. The summed E-state index contributed by atoms with van der Waals surface area (Å²) in [5.41, 5.74) is -2.23. The monoisotopic (exact) mass is 299 g/mol. The lowest BCUT2D eigenvalue weighted by molar-refractivity contribution is -0.140. The van der Waals surface area contributed by atoms with E-state index in [0.29, 0.717) is 6.07 Å². The molecule has 0 aliphatic carbocycles. The number of amides is 1. The Kier molecular flexibility index (Phi) is 3.31. The van der Waals surface area contributed by atoms with E-state index in [2.05, 4.69) is 4.74 Å². The molecule has 0 radical (unpaired) electrons. The van der Waals surface area contributed by atoms with Gasteiger partial charge in [-0.3, -0.25) is 0 Å². The molecule has 3 nitrogen and oxygen atoms in total. The van der Waals surface area contributed by atoms with Gasteiger partial charge in [0.05, 0.1) is 5.56 Å². The minimum absolute atomic E-state index is 0.250. The molecular formula is C11H7F6NO2. The van der Waals surface area contributed by atoms with Gasteiger partial charge in [0.1, 0.15) is 11.9 Å². The van der Waals surface area contributed by atoms with Gasteiger partial charge < -0.3 is 10.1 Å². The number of cyclic esters (lactones) is 1. The van der Waals surface area contributed by atoms with Crippen molar-refractivity contribution >= 4 is 6.09 Å². The van der Waals surface area contributed by atoms with E-state index in [1.54, 1.807) is 5.32 Å². The fraction of sp³-hybridized carbons (Fsp3) is 0.364. The molecule has 1 aromatic rings. The van der Waals surface area contributed by atoms with Crippen LogP contribution in [0.25, 0.3) is 0 Å². The normalized spacial score (nSPS) is 22.1. The number of hydrogen-bond acceptors (Lipinski definition) is 2. The number of carbonyl (C=O) groups excluding carboxylic acids is 1. The molecule has 1 N–H and O–H groups in total. The summed E-state index contributed by atoms with van der Waals surface area (Å²) in [5.74, 6) is -5.18. The van der Waals surface area contributed by atoms with Crippen LogP contribution in [0.3, 0.4) is 0 Å². The number of carbonyl (C=O) groups is 1. The lowest BCUT2D eigenvalue weighted by Gasteiger charge is -2.32. The Balaban J connectivity index is 2.44. The lowest BCUT2D eigenvalue weighted by atomic mass is 9.97. The van der Waals surface area contributed by atoms with E-state index < -0.39 is 47.8 Å². The van der Waals surface area contributed by atoms with Crippen molar-refractivity contribution in [3.63, 3.8) is 0 Å². The number of hydrogen-bond donors (Lipinski definition) is 1. The molecule has 2 rings (SSSR count). The van der Waals surface area contributed by atoms with E-state index in [1.807, 2.05) is 0 Å². The quantitative estimate of drug-likeness (QED) is 0.808. The third-order valence-corrected chi connectivity index (χ3v) is 2.71. The molecule has 0 saturated carbocycles. The highest BCUT2D eigenvalue weighted by Crippen LogP contribution is 2.38. The number of alkyl carbamates (subject to hydrolysis) is 1. The van der Waals surface area contributed by atoms with Crippen molar-refractivity contribution in [1.29, 1.82) is 0 Å². The Morgan fingerprint density at radius 1 is 1.30 bits per heavy atom. The molecule has 0 aromatic heterocycles. The minimum atomic E-state index is -5.02. The maximum Gasteiger partial charge on any atom is 0.419 e. The standard InChI is InChI=1S/C11H7F6NO2/c12-7-2-1-5(3-6(7)11(15,16)17)8-10(13,14)4-20-9(19)18-8/h1-3,8H,4H2,(H,18,19)/t8-/m0/s1. The molecule has 1 aromatic carbocycles. The lowest BCUT2D eigenvalue weighted by Crippen LogP contribution is -2.49. The molecule has 1 atom stereocenters. The largest absolute Gasteiger partial charge is 0.443 e. The predicted molar refractivity (Wildman–Crippen MR) is 53.6 cm³/mol. The molecule has 1 aliphatic heterocycles. The maximum absolute atomic E-state index is 13.5. The first-order valence-electron chi connectivity index (χ1n) is 5.29. The summed E-state index contributed by atoms with van der Waals surface area (Å²) < 4.78 is 81.8. The van der Waals surface area contributed by atoms with Crippen molar-refractivity contribution < 1.29 is 35.9 Å². The summed E-state index contributed by atoms with van der Waals surface area (Å²) in [6, 6.07) is -0.574. The first-order valence-corrected chi connectivity index (χ1v) is 5.29. The van der Waals surface area contributed by atoms with Crippen LogP contribution in [0.4, 0.5) is 31.1 Å². The van der Waals surface area contributed by atoms with Crippen LogP contribution in [-0.4, -0.2) is 18.6 Å². The Bertz CT molecular complexity index is 542. The van der Waals surface area contributed by atoms with Crippen molar-refractivity contribution in [2.45, 2.75) is 18.1 Å². The van der Waals surface area contributed by atoms with Gasteiger partial charge >= 0.3 is 18.2 Å². The van der Waals surface area contributed by atoms with E-state index in [0.717, 1.165) is 6.07 Å². The Hall–Kier alpha value is -1.93. The van der Waals surface area contributed by atoms with Crippen LogP contribution >= 0.6 is 0 Å². The summed E-state index contributed by atoms with van der Waals surface area (Å²) in [6.45, 7) is -1.26. The van der Waals surface area contributed by atoms with Gasteiger partial charge in [-0.2, -0.15) is 13.2 Å². The topological polar surface area (TPSA) is 38.3 Å². The molecular weight excluding hydrogens is 292 g/mol. The fourth-order valence-corrected chi connectivity index (χ4v) is 1.78. The van der Waals surface area contributed by atoms with Crippen LogP contribution in [0.15, 0.2) is 18.2 Å². The molecule has 1 aliphatic rings. The van der Waals surface area contributed by atoms with Gasteiger partial charge in [0, 0.05) is 0 Å². The average molecular weight is 299 g/mol. The average Bonchev–Trinajstić information content (AvgIpc) is 2.32. The van der Waals surface area contributed by atoms with Crippen LogP contribution in [0.2, 0.25) is 0 Å². The highest BCUT2D eigenvalue weighted by atomic mass is 19.4. The van der Waals surface area contributed by atoms with Crippen LogP contribution in [0.5, 0.6) is 0 Å². The highest BCUT2D eigenvalue weighted by molar-refractivity contribution is 5.69. The molecule has 1 fully saturated rings. The van der Waals surface area contributed by atoms with Gasteiger partial charge in [-0.15, -0.1) is 0 Å². The van der Waals surface area contributed by atoms with E-state index in [1.165, 1.54) is 0 Å². The van der Waals surface area contributed by atoms with E-state index >= 15 is 0 Å². The van der Waals surface area contributed by atoms with Gasteiger partial charge in [-0.1, -0.05) is 6.07 Å². The summed E-state index contributed by atoms with van der Waals surface area (Å²) in [7, 11) is 0. The maximum atomic E-state index is 13.5. The molecule has 9 heteroatoms. The van der Waals surface area contributed by atoms with Crippen molar-refractivity contribution in [2.75, 3.05) is 6.61 Å². The van der Waals surface area contributed by atoms with Crippen LogP contribution in [0.1, 0.15) is 17.2 Å². The molecule has 110 valence electrons. The number of alkyl halides is 5. The van der Waals surface area contributed by atoms with Crippen molar-refractivity contribution in [1.82, 2.24) is 5.32 Å². The van der Waals surface area contributed by atoms with Crippen LogP contribution in [-0.2, 0) is 10.9 Å². The Labute approximate surface area is 108 Å². The van der Waals surface area contributed by atoms with Gasteiger partial charge in [0.15, 0.2) is 6.61 Å². The zero-order chi connectivity index (χ0) is 15.1.